The van der Waals surface area contributed by atoms with Gasteiger partial charge in [0.05, 0.1) is 6.61 Å². The molecule has 0 aromatic heterocycles. The van der Waals surface area contributed by atoms with E-state index in [4.69, 9.17) is 4.74 Å². The zero-order valence-corrected chi connectivity index (χ0v) is 12.3. The van der Waals surface area contributed by atoms with Crippen molar-refractivity contribution >= 4 is 17.3 Å². The summed E-state index contributed by atoms with van der Waals surface area (Å²) in [6, 6.07) is 15.9. The normalized spacial score (nSPS) is 10.2. The van der Waals surface area contributed by atoms with Crippen LogP contribution in [0.3, 0.4) is 0 Å². The highest BCUT2D eigenvalue weighted by molar-refractivity contribution is 5.88. The van der Waals surface area contributed by atoms with Gasteiger partial charge in [-0.3, -0.25) is 4.79 Å². The van der Waals surface area contributed by atoms with Gasteiger partial charge in [-0.2, -0.15) is 0 Å². The summed E-state index contributed by atoms with van der Waals surface area (Å²) < 4.78 is 5.14. The van der Waals surface area contributed by atoms with E-state index in [9.17, 15) is 4.79 Å². The van der Waals surface area contributed by atoms with Crippen LogP contribution in [0.1, 0.15) is 18.1 Å². The standard InChI is InChI=1S/C17H20N2O2/c1-13(20)19-17-8-6-16(7-9-17)18-11-14-4-3-5-15(10-14)12-21-2/h3-10,18H,11-12H2,1-2H3,(H,19,20). The highest BCUT2D eigenvalue weighted by Gasteiger charge is 1.98. The predicted octanol–water partition coefficient (Wildman–Crippen LogP) is 3.40. The fourth-order valence-electron chi connectivity index (χ4n) is 2.07. The number of rotatable bonds is 6. The molecule has 0 saturated carbocycles. The van der Waals surface area contributed by atoms with E-state index in [2.05, 4.69) is 28.8 Å². The number of hydrogen-bond donors (Lipinski definition) is 2. The molecule has 0 atom stereocenters. The summed E-state index contributed by atoms with van der Waals surface area (Å²) in [5.41, 5.74) is 4.18. The Morgan fingerprint density at radius 1 is 1.05 bits per heavy atom. The van der Waals surface area contributed by atoms with Crippen LogP contribution in [0.4, 0.5) is 11.4 Å². The van der Waals surface area contributed by atoms with Crippen molar-refractivity contribution in [3.63, 3.8) is 0 Å². The molecule has 21 heavy (non-hydrogen) atoms. The fraction of sp³-hybridized carbons (Fsp3) is 0.235. The predicted molar refractivity (Wildman–Crippen MR) is 85.2 cm³/mol. The summed E-state index contributed by atoms with van der Waals surface area (Å²) in [6.07, 6.45) is 0. The lowest BCUT2D eigenvalue weighted by Crippen LogP contribution is -2.05. The van der Waals surface area contributed by atoms with Crippen molar-refractivity contribution in [2.24, 2.45) is 0 Å². The van der Waals surface area contributed by atoms with E-state index >= 15 is 0 Å². The number of carbonyl (C=O) groups excluding carboxylic acids is 1. The highest BCUT2D eigenvalue weighted by Crippen LogP contribution is 2.15. The Labute approximate surface area is 125 Å². The lowest BCUT2D eigenvalue weighted by Gasteiger charge is -2.09. The maximum absolute atomic E-state index is 11.0. The monoisotopic (exact) mass is 284 g/mol. The smallest absolute Gasteiger partial charge is 0.221 e. The third-order valence-corrected chi connectivity index (χ3v) is 3.00. The second-order valence-corrected chi connectivity index (χ2v) is 4.87. The molecular formula is C17H20N2O2. The highest BCUT2D eigenvalue weighted by atomic mass is 16.5. The minimum Gasteiger partial charge on any atom is -0.381 e. The molecule has 2 N–H and O–H groups in total. The molecule has 0 heterocycles. The maximum Gasteiger partial charge on any atom is 0.221 e. The second-order valence-electron chi connectivity index (χ2n) is 4.87. The van der Waals surface area contributed by atoms with Gasteiger partial charge >= 0.3 is 0 Å². The molecule has 110 valence electrons. The lowest BCUT2D eigenvalue weighted by molar-refractivity contribution is -0.114. The van der Waals surface area contributed by atoms with Gasteiger partial charge in [0, 0.05) is 32.0 Å². The van der Waals surface area contributed by atoms with Crippen molar-refractivity contribution in [2.45, 2.75) is 20.1 Å². The molecule has 0 fully saturated rings. The molecule has 0 bridgehead atoms. The topological polar surface area (TPSA) is 50.4 Å². The average molecular weight is 284 g/mol. The molecule has 2 aromatic carbocycles. The summed E-state index contributed by atoms with van der Waals surface area (Å²) in [7, 11) is 1.70. The van der Waals surface area contributed by atoms with Crippen LogP contribution in [0, 0.1) is 0 Å². The summed E-state index contributed by atoms with van der Waals surface area (Å²) in [5, 5.41) is 6.10. The van der Waals surface area contributed by atoms with Gasteiger partial charge in [-0.1, -0.05) is 24.3 Å². The first kappa shape index (κ1) is 15.1. The van der Waals surface area contributed by atoms with Crippen molar-refractivity contribution in [2.75, 3.05) is 17.7 Å². The largest absolute Gasteiger partial charge is 0.381 e. The molecule has 0 unspecified atom stereocenters. The minimum atomic E-state index is -0.0642. The lowest BCUT2D eigenvalue weighted by atomic mass is 10.1. The fourth-order valence-corrected chi connectivity index (χ4v) is 2.07. The Balaban J connectivity index is 1.93. The molecule has 4 nitrogen and oxygen atoms in total. The van der Waals surface area contributed by atoms with E-state index in [0.717, 1.165) is 23.5 Å². The number of carbonyl (C=O) groups is 1. The van der Waals surface area contributed by atoms with Gasteiger partial charge in [0.15, 0.2) is 0 Å². The molecule has 0 aliphatic heterocycles. The maximum atomic E-state index is 11.0. The van der Waals surface area contributed by atoms with Crippen LogP contribution in [0.15, 0.2) is 48.5 Å². The van der Waals surface area contributed by atoms with Crippen LogP contribution in [-0.4, -0.2) is 13.0 Å². The molecule has 0 aliphatic rings. The van der Waals surface area contributed by atoms with Gasteiger partial charge in [-0.25, -0.2) is 0 Å². The van der Waals surface area contributed by atoms with Crippen molar-refractivity contribution < 1.29 is 9.53 Å². The number of nitrogens with one attached hydrogen (secondary N) is 2. The number of amides is 1. The van der Waals surface area contributed by atoms with E-state index in [1.807, 2.05) is 30.3 Å². The van der Waals surface area contributed by atoms with Gasteiger partial charge in [-0.15, -0.1) is 0 Å². The molecule has 0 aliphatic carbocycles. The van der Waals surface area contributed by atoms with Gasteiger partial charge in [-0.05, 0) is 35.4 Å². The van der Waals surface area contributed by atoms with Crippen molar-refractivity contribution in [3.8, 4) is 0 Å². The van der Waals surface area contributed by atoms with Crippen LogP contribution < -0.4 is 10.6 Å². The zero-order valence-electron chi connectivity index (χ0n) is 12.3. The van der Waals surface area contributed by atoms with Crippen LogP contribution in [0.25, 0.3) is 0 Å². The van der Waals surface area contributed by atoms with Gasteiger partial charge in [0.25, 0.3) is 0 Å². The Bertz CT molecular complexity index is 594. The summed E-state index contributed by atoms with van der Waals surface area (Å²) in [5.74, 6) is -0.0642. The van der Waals surface area contributed by atoms with E-state index in [0.29, 0.717) is 6.61 Å². The molecule has 1 amide bonds. The van der Waals surface area contributed by atoms with E-state index in [-0.39, 0.29) is 5.91 Å². The second kappa shape index (κ2) is 7.45. The first-order chi connectivity index (χ1) is 10.2. The molecule has 0 saturated heterocycles. The van der Waals surface area contributed by atoms with Crippen molar-refractivity contribution in [3.05, 3.63) is 59.7 Å². The number of anilines is 2. The van der Waals surface area contributed by atoms with E-state index < -0.39 is 0 Å². The first-order valence-corrected chi connectivity index (χ1v) is 6.85. The van der Waals surface area contributed by atoms with Gasteiger partial charge in [0.1, 0.15) is 0 Å². The number of methoxy groups -OCH3 is 1. The number of hydrogen-bond acceptors (Lipinski definition) is 3. The average Bonchev–Trinajstić information content (AvgIpc) is 2.47. The summed E-state index contributed by atoms with van der Waals surface area (Å²) in [4.78, 5) is 11.0. The molecule has 2 aromatic rings. The minimum absolute atomic E-state index is 0.0642. The van der Waals surface area contributed by atoms with Crippen molar-refractivity contribution in [1.82, 2.24) is 0 Å². The Morgan fingerprint density at radius 2 is 1.71 bits per heavy atom. The number of ether oxygens (including phenoxy) is 1. The zero-order chi connectivity index (χ0) is 15.1. The Hall–Kier alpha value is -2.33. The Morgan fingerprint density at radius 3 is 2.38 bits per heavy atom. The Kier molecular flexibility index (Phi) is 5.35. The SMILES string of the molecule is COCc1cccc(CNc2ccc(NC(C)=O)cc2)c1. The van der Waals surface area contributed by atoms with Crippen LogP contribution in [0.5, 0.6) is 0 Å². The third-order valence-electron chi connectivity index (χ3n) is 3.00. The van der Waals surface area contributed by atoms with Crippen molar-refractivity contribution in [1.29, 1.82) is 0 Å². The molecule has 0 radical (unpaired) electrons. The first-order valence-electron chi connectivity index (χ1n) is 6.85. The molecular weight excluding hydrogens is 264 g/mol. The quantitative estimate of drug-likeness (QED) is 0.854. The van der Waals surface area contributed by atoms with E-state index in [1.165, 1.54) is 12.5 Å². The van der Waals surface area contributed by atoms with E-state index in [1.54, 1.807) is 7.11 Å². The summed E-state index contributed by atoms with van der Waals surface area (Å²) in [6.45, 7) is 2.87. The summed E-state index contributed by atoms with van der Waals surface area (Å²) >= 11 is 0. The van der Waals surface area contributed by atoms with Gasteiger partial charge < -0.3 is 15.4 Å². The molecule has 2 rings (SSSR count). The third kappa shape index (κ3) is 4.93. The van der Waals surface area contributed by atoms with Crippen LogP contribution >= 0.6 is 0 Å². The van der Waals surface area contributed by atoms with Crippen LogP contribution in [-0.2, 0) is 22.7 Å². The van der Waals surface area contributed by atoms with Crippen LogP contribution in [0.2, 0.25) is 0 Å². The molecule has 0 spiro atoms. The van der Waals surface area contributed by atoms with Gasteiger partial charge in [0.2, 0.25) is 5.91 Å². The molecule has 4 heteroatoms. The number of benzene rings is 2.